The van der Waals surface area contributed by atoms with Gasteiger partial charge >= 0.3 is 6.03 Å². The van der Waals surface area contributed by atoms with Gasteiger partial charge in [0.25, 0.3) is 0 Å². The lowest BCUT2D eigenvalue weighted by molar-refractivity contribution is -0.0548. The molecule has 0 spiro atoms. The van der Waals surface area contributed by atoms with Gasteiger partial charge < -0.3 is 19.7 Å². The molecule has 0 radical (unpaired) electrons. The Hall–Kier alpha value is -1.75. The molecule has 0 saturated carbocycles. The van der Waals surface area contributed by atoms with Crippen molar-refractivity contribution in [2.24, 2.45) is 0 Å². The van der Waals surface area contributed by atoms with Crippen LogP contribution in [0.4, 0.5) is 4.79 Å². The number of carbonyl (C=O) groups is 1. The van der Waals surface area contributed by atoms with Gasteiger partial charge in [0, 0.05) is 13.1 Å². The first kappa shape index (κ1) is 18.6. The first-order valence-electron chi connectivity index (χ1n) is 8.59. The molecule has 5 heteroatoms. The average Bonchev–Trinajstić information content (AvgIpc) is 2.46. The Morgan fingerprint density at radius 1 is 1.29 bits per heavy atom. The van der Waals surface area contributed by atoms with Gasteiger partial charge in [0.05, 0.1) is 12.2 Å². The highest BCUT2D eigenvalue weighted by atomic mass is 16.5. The van der Waals surface area contributed by atoms with Gasteiger partial charge in [0.2, 0.25) is 0 Å². The van der Waals surface area contributed by atoms with E-state index in [-0.39, 0.29) is 30.4 Å². The second-order valence-corrected chi connectivity index (χ2v) is 7.68. The fraction of sp³-hybridized carbons (Fsp3) is 0.632. The third-order valence-corrected chi connectivity index (χ3v) is 4.10. The molecule has 1 aromatic rings. The van der Waals surface area contributed by atoms with Crippen molar-refractivity contribution in [3.63, 3.8) is 0 Å². The fourth-order valence-corrected chi connectivity index (χ4v) is 2.99. The maximum Gasteiger partial charge on any atom is 0.320 e. The monoisotopic (exact) mass is 334 g/mol. The molecule has 1 N–H and O–H groups in total. The molecule has 0 aromatic heterocycles. The van der Waals surface area contributed by atoms with Crippen molar-refractivity contribution in [2.75, 3.05) is 19.8 Å². The van der Waals surface area contributed by atoms with Crippen LogP contribution in [-0.4, -0.2) is 43.0 Å². The summed E-state index contributed by atoms with van der Waals surface area (Å²) in [5.41, 5.74) is 2.33. The van der Waals surface area contributed by atoms with E-state index in [1.807, 2.05) is 26.0 Å². The number of rotatable bonds is 3. The number of hydrogen-bond acceptors (Lipinski definition) is 3. The number of aryl methyl sites for hydroxylation is 1. The molecule has 1 fully saturated rings. The molecule has 1 aromatic carbocycles. The quantitative estimate of drug-likeness (QED) is 0.862. The molecule has 24 heavy (non-hydrogen) atoms. The van der Waals surface area contributed by atoms with E-state index in [9.17, 15) is 4.79 Å². The number of nitrogens with one attached hydrogen (secondary N) is 1. The highest BCUT2D eigenvalue weighted by molar-refractivity contribution is 5.74. The van der Waals surface area contributed by atoms with Gasteiger partial charge in [-0.3, -0.25) is 0 Å². The Bertz CT molecular complexity index is 570. The molecule has 1 aliphatic heterocycles. The van der Waals surface area contributed by atoms with Gasteiger partial charge in [0.1, 0.15) is 5.75 Å². The van der Waals surface area contributed by atoms with Gasteiger partial charge in [-0.05, 0) is 37.8 Å². The van der Waals surface area contributed by atoms with Gasteiger partial charge in [-0.25, -0.2) is 4.79 Å². The lowest BCUT2D eigenvalue weighted by Crippen LogP contribution is -2.52. The van der Waals surface area contributed by atoms with Gasteiger partial charge in [-0.15, -0.1) is 0 Å². The Morgan fingerprint density at radius 3 is 2.50 bits per heavy atom. The average molecular weight is 334 g/mol. The minimum atomic E-state index is -0.110. The van der Waals surface area contributed by atoms with E-state index < -0.39 is 0 Å². The topological polar surface area (TPSA) is 50.8 Å². The molecule has 2 amide bonds. The van der Waals surface area contributed by atoms with Crippen LogP contribution in [0.5, 0.6) is 5.75 Å². The maximum absolute atomic E-state index is 12.3. The second kappa shape index (κ2) is 7.43. The summed E-state index contributed by atoms with van der Waals surface area (Å²) in [5, 5.41) is 2.84. The van der Waals surface area contributed by atoms with E-state index in [4.69, 9.17) is 9.47 Å². The highest BCUT2D eigenvalue weighted by Gasteiger charge is 2.26. The van der Waals surface area contributed by atoms with E-state index in [0.29, 0.717) is 13.1 Å². The number of amides is 2. The SMILES string of the molecule is Cc1ccc(OCNC(=O)N2CC(C)OC(C)C2)c(C(C)(C)C)c1. The van der Waals surface area contributed by atoms with Crippen LogP contribution in [0.3, 0.4) is 0 Å². The van der Waals surface area contributed by atoms with Crippen LogP contribution in [-0.2, 0) is 10.2 Å². The predicted molar refractivity (Wildman–Crippen MR) is 95.5 cm³/mol. The lowest BCUT2D eigenvalue weighted by Gasteiger charge is -2.35. The van der Waals surface area contributed by atoms with Crippen LogP contribution in [0.2, 0.25) is 0 Å². The standard InChI is InChI=1S/C19H30N2O3/c1-13-7-8-17(16(9-13)19(4,5)6)23-12-20-18(22)21-10-14(2)24-15(3)11-21/h7-9,14-15H,10-12H2,1-6H3,(H,20,22). The smallest absolute Gasteiger partial charge is 0.320 e. The highest BCUT2D eigenvalue weighted by Crippen LogP contribution is 2.32. The molecule has 1 saturated heterocycles. The Morgan fingerprint density at radius 2 is 1.92 bits per heavy atom. The van der Waals surface area contributed by atoms with Crippen LogP contribution < -0.4 is 10.1 Å². The van der Waals surface area contributed by atoms with Gasteiger partial charge in [0.15, 0.2) is 6.73 Å². The summed E-state index contributed by atoms with van der Waals surface area (Å²) < 4.78 is 11.5. The van der Waals surface area contributed by atoms with Crippen molar-refractivity contribution < 1.29 is 14.3 Å². The zero-order valence-electron chi connectivity index (χ0n) is 15.7. The van der Waals surface area contributed by atoms with Crippen molar-refractivity contribution in [3.05, 3.63) is 29.3 Å². The summed E-state index contributed by atoms with van der Waals surface area (Å²) in [4.78, 5) is 14.1. The zero-order chi connectivity index (χ0) is 17.9. The third kappa shape index (κ3) is 4.87. The summed E-state index contributed by atoms with van der Waals surface area (Å²) in [5.74, 6) is 0.817. The molecule has 0 aliphatic carbocycles. The molecular weight excluding hydrogens is 304 g/mol. The number of morpholine rings is 1. The van der Waals surface area contributed by atoms with Crippen molar-refractivity contribution in [3.8, 4) is 5.75 Å². The number of ether oxygens (including phenoxy) is 2. The summed E-state index contributed by atoms with van der Waals surface area (Å²) in [6.45, 7) is 13.9. The van der Waals surface area contributed by atoms with Gasteiger partial charge in [-0.1, -0.05) is 38.5 Å². The number of carbonyl (C=O) groups excluding carboxylic acids is 1. The van der Waals surface area contributed by atoms with E-state index in [0.717, 1.165) is 11.3 Å². The first-order chi connectivity index (χ1) is 11.2. The molecular formula is C19H30N2O3. The second-order valence-electron chi connectivity index (χ2n) is 7.68. The first-order valence-corrected chi connectivity index (χ1v) is 8.59. The molecule has 1 aliphatic rings. The number of hydrogen-bond donors (Lipinski definition) is 1. The number of nitrogens with zero attached hydrogens (tertiary/aromatic N) is 1. The van der Waals surface area contributed by atoms with E-state index in [2.05, 4.69) is 39.1 Å². The van der Waals surface area contributed by atoms with Crippen LogP contribution in [0, 0.1) is 6.92 Å². The van der Waals surface area contributed by atoms with Crippen molar-refractivity contribution >= 4 is 6.03 Å². The maximum atomic E-state index is 12.3. The molecule has 0 bridgehead atoms. The minimum absolute atomic E-state index is 0.0135. The molecule has 1 heterocycles. The summed E-state index contributed by atoms with van der Waals surface area (Å²) in [6.07, 6.45) is 0.120. The normalized spacial score (nSPS) is 21.5. The fourth-order valence-electron chi connectivity index (χ4n) is 2.99. The van der Waals surface area contributed by atoms with E-state index >= 15 is 0 Å². The lowest BCUT2D eigenvalue weighted by atomic mass is 9.85. The molecule has 2 rings (SSSR count). The Labute approximate surface area is 145 Å². The molecule has 2 atom stereocenters. The zero-order valence-corrected chi connectivity index (χ0v) is 15.7. The van der Waals surface area contributed by atoms with Gasteiger partial charge in [-0.2, -0.15) is 0 Å². The third-order valence-electron chi connectivity index (χ3n) is 4.10. The van der Waals surface area contributed by atoms with E-state index in [1.54, 1.807) is 4.90 Å². The Balaban J connectivity index is 1.94. The van der Waals surface area contributed by atoms with Crippen molar-refractivity contribution in [2.45, 2.75) is 59.2 Å². The summed E-state index contributed by atoms with van der Waals surface area (Å²) in [7, 11) is 0. The van der Waals surface area contributed by atoms with Crippen LogP contribution in [0.25, 0.3) is 0 Å². The van der Waals surface area contributed by atoms with E-state index in [1.165, 1.54) is 5.56 Å². The minimum Gasteiger partial charge on any atom is -0.473 e. The van der Waals surface area contributed by atoms with Crippen LogP contribution in [0.1, 0.15) is 45.7 Å². The molecule has 5 nitrogen and oxygen atoms in total. The molecule has 134 valence electrons. The Kier molecular flexibility index (Phi) is 5.75. The van der Waals surface area contributed by atoms with Crippen molar-refractivity contribution in [1.29, 1.82) is 0 Å². The van der Waals surface area contributed by atoms with Crippen molar-refractivity contribution in [1.82, 2.24) is 10.2 Å². The van der Waals surface area contributed by atoms with Crippen LogP contribution >= 0.6 is 0 Å². The summed E-state index contributed by atoms with van der Waals surface area (Å²) >= 11 is 0. The predicted octanol–water partition coefficient (Wildman–Crippen LogP) is 3.45. The largest absolute Gasteiger partial charge is 0.473 e. The number of benzene rings is 1. The summed E-state index contributed by atoms with van der Waals surface area (Å²) in [6, 6.07) is 6.03. The van der Waals surface area contributed by atoms with Crippen LogP contribution in [0.15, 0.2) is 18.2 Å². The number of urea groups is 1. The molecule has 2 unspecified atom stereocenters.